The molecule has 0 fully saturated rings. The third-order valence-electron chi connectivity index (χ3n) is 5.98. The van der Waals surface area contributed by atoms with Gasteiger partial charge in [-0.1, -0.05) is 6.42 Å². The van der Waals surface area contributed by atoms with Crippen molar-refractivity contribution in [3.05, 3.63) is 12.2 Å². The summed E-state index contributed by atoms with van der Waals surface area (Å²) in [5.41, 5.74) is 0. The summed E-state index contributed by atoms with van der Waals surface area (Å²) in [6, 6.07) is 0. The molecule has 1 heterocycles. The minimum Gasteiger partial charge on any atom is -0.481 e. The van der Waals surface area contributed by atoms with Gasteiger partial charge in [0.1, 0.15) is 30.2 Å². The summed E-state index contributed by atoms with van der Waals surface area (Å²) < 4.78 is 0. The number of carbonyl (C=O) groups excluding carboxylic acids is 4. The summed E-state index contributed by atoms with van der Waals surface area (Å²) in [4.78, 5) is 61.1. The molecule has 1 rings (SSSR count). The van der Waals surface area contributed by atoms with Crippen molar-refractivity contribution < 1.29 is 54.6 Å². The van der Waals surface area contributed by atoms with Gasteiger partial charge in [-0.25, -0.2) is 0 Å². The molecule has 1 aliphatic rings. The van der Waals surface area contributed by atoms with Crippen LogP contribution in [0.2, 0.25) is 0 Å². The Bertz CT molecular complexity index is 798. The summed E-state index contributed by atoms with van der Waals surface area (Å²) in [6.45, 7) is -1.01. The van der Waals surface area contributed by atoms with Gasteiger partial charge in [-0.05, 0) is 19.3 Å². The lowest BCUT2D eigenvalue weighted by molar-refractivity contribution is -0.145. The van der Waals surface area contributed by atoms with Crippen LogP contribution in [0.25, 0.3) is 0 Å². The summed E-state index contributed by atoms with van der Waals surface area (Å²) in [7, 11) is 1.30. The molecule has 0 bridgehead atoms. The second kappa shape index (κ2) is 15.4. The fraction of sp³-hybridized carbons (Fsp3) is 0.696. The number of aliphatic hydroxyl groups is 5. The third kappa shape index (κ3) is 10.1. The van der Waals surface area contributed by atoms with Crippen LogP contribution in [-0.2, 0) is 24.0 Å². The lowest BCUT2D eigenvalue weighted by Crippen LogP contribution is -2.50. The molecule has 13 heteroatoms. The molecular formula is C23H36N2O11. The molecule has 0 saturated carbocycles. The van der Waals surface area contributed by atoms with E-state index in [9.17, 15) is 49.5 Å². The van der Waals surface area contributed by atoms with Crippen LogP contribution in [0.3, 0.4) is 0 Å². The molecule has 0 spiro atoms. The van der Waals surface area contributed by atoms with Crippen LogP contribution >= 0.6 is 0 Å². The van der Waals surface area contributed by atoms with Crippen LogP contribution in [-0.4, -0.2) is 121 Å². The van der Waals surface area contributed by atoms with Crippen molar-refractivity contribution in [2.75, 3.05) is 26.7 Å². The maximum Gasteiger partial charge on any atom is 0.306 e. The van der Waals surface area contributed by atoms with Gasteiger partial charge in [-0.3, -0.25) is 28.9 Å². The van der Waals surface area contributed by atoms with E-state index in [0.29, 0.717) is 19.3 Å². The maximum atomic E-state index is 12.3. The van der Waals surface area contributed by atoms with Gasteiger partial charge < -0.3 is 35.5 Å². The topological polar surface area (TPSA) is 213 Å². The van der Waals surface area contributed by atoms with Crippen molar-refractivity contribution in [3.8, 4) is 0 Å². The molecule has 5 atom stereocenters. The minimum atomic E-state index is -1.84. The number of unbranched alkanes of at least 4 members (excludes halogenated alkanes) is 2. The predicted octanol–water partition coefficient (Wildman–Crippen LogP) is -2.19. The van der Waals surface area contributed by atoms with Gasteiger partial charge in [0.15, 0.2) is 0 Å². The van der Waals surface area contributed by atoms with Crippen molar-refractivity contribution in [2.24, 2.45) is 5.92 Å². The molecule has 0 aromatic rings. The van der Waals surface area contributed by atoms with Gasteiger partial charge in [-0.15, -0.1) is 0 Å². The van der Waals surface area contributed by atoms with E-state index >= 15 is 0 Å². The van der Waals surface area contributed by atoms with Gasteiger partial charge >= 0.3 is 5.97 Å². The molecule has 1 aliphatic heterocycles. The van der Waals surface area contributed by atoms with E-state index in [1.807, 2.05) is 0 Å². The van der Waals surface area contributed by atoms with E-state index in [0.717, 1.165) is 9.80 Å². The van der Waals surface area contributed by atoms with Crippen molar-refractivity contribution in [1.82, 2.24) is 9.80 Å². The Kier molecular flexibility index (Phi) is 13.4. The number of carboxylic acid groups (broad SMARTS) is 1. The molecule has 36 heavy (non-hydrogen) atoms. The molecule has 0 saturated heterocycles. The Labute approximate surface area is 208 Å². The molecule has 0 radical (unpaired) electrons. The molecule has 6 N–H and O–H groups in total. The molecule has 0 unspecified atom stereocenters. The first-order valence-corrected chi connectivity index (χ1v) is 11.7. The lowest BCUT2D eigenvalue weighted by atomic mass is 9.94. The average molecular weight is 517 g/mol. The number of aliphatic hydroxyl groups excluding tert-OH is 5. The second-order valence-corrected chi connectivity index (χ2v) is 8.86. The molecule has 0 aromatic carbocycles. The highest BCUT2D eigenvalue weighted by Crippen LogP contribution is 2.17. The SMILES string of the molecule is CN(C[C@H](O)[C@@H](O)[C@H](O)[C@H](O)CO)C(=O)CC[C@H](CC(=O)CCCCCN1C(=O)C=CC1=O)C(=O)O. The van der Waals surface area contributed by atoms with Gasteiger partial charge in [-0.2, -0.15) is 0 Å². The Balaban J connectivity index is 2.38. The number of aliphatic carboxylic acids is 1. The first-order valence-electron chi connectivity index (χ1n) is 11.7. The number of carboxylic acids is 1. The summed E-state index contributed by atoms with van der Waals surface area (Å²) in [5, 5.41) is 57.0. The number of rotatable bonds is 18. The van der Waals surface area contributed by atoms with E-state index < -0.39 is 55.4 Å². The highest BCUT2D eigenvalue weighted by molar-refractivity contribution is 6.12. The summed E-state index contributed by atoms with van der Waals surface area (Å²) >= 11 is 0. The van der Waals surface area contributed by atoms with Crippen LogP contribution < -0.4 is 0 Å². The average Bonchev–Trinajstić information content (AvgIpc) is 3.16. The van der Waals surface area contributed by atoms with E-state index in [-0.39, 0.29) is 49.8 Å². The molecular weight excluding hydrogens is 480 g/mol. The monoisotopic (exact) mass is 516 g/mol. The lowest BCUT2D eigenvalue weighted by Gasteiger charge is -2.28. The number of hydrogen-bond acceptors (Lipinski definition) is 10. The zero-order valence-corrected chi connectivity index (χ0v) is 20.2. The minimum absolute atomic E-state index is 0.124. The Morgan fingerprint density at radius 1 is 0.917 bits per heavy atom. The van der Waals surface area contributed by atoms with Crippen molar-refractivity contribution >= 4 is 29.5 Å². The van der Waals surface area contributed by atoms with Crippen molar-refractivity contribution in [3.63, 3.8) is 0 Å². The van der Waals surface area contributed by atoms with Gasteiger partial charge in [0.2, 0.25) is 5.91 Å². The van der Waals surface area contributed by atoms with Crippen LogP contribution in [0.15, 0.2) is 12.2 Å². The second-order valence-electron chi connectivity index (χ2n) is 8.86. The number of nitrogens with zero attached hydrogens (tertiary/aromatic N) is 2. The predicted molar refractivity (Wildman–Crippen MR) is 123 cm³/mol. The number of Topliss-reactive ketones (excluding diaryl/α,β-unsaturated/α-hetero) is 1. The first-order chi connectivity index (χ1) is 16.9. The first kappa shape index (κ1) is 31.3. The zero-order valence-electron chi connectivity index (χ0n) is 20.2. The van der Waals surface area contributed by atoms with E-state index in [1.165, 1.54) is 19.2 Å². The summed E-state index contributed by atoms with van der Waals surface area (Å²) in [5.74, 6) is -3.90. The van der Waals surface area contributed by atoms with E-state index in [2.05, 4.69) is 0 Å². The number of carbonyl (C=O) groups is 5. The van der Waals surface area contributed by atoms with Crippen LogP contribution in [0.4, 0.5) is 0 Å². The number of likely N-dealkylation sites (N-methyl/N-ethyl adjacent to an activating group) is 1. The number of imide groups is 1. The van der Waals surface area contributed by atoms with Crippen LogP contribution in [0, 0.1) is 5.92 Å². The standard InChI is InChI=1S/C23H36N2O11/c1-24(12-16(28)21(33)22(34)17(29)13-26)18(30)7-6-14(23(35)36)11-15(27)5-3-2-4-10-25-19(31)8-9-20(25)32/h8-9,14,16-17,21-22,26,28-29,33-34H,2-7,10-13H2,1H3,(H,35,36)/t14-,16+,17-,21-,22-/m1/s1. The third-order valence-corrected chi connectivity index (χ3v) is 5.98. The van der Waals surface area contributed by atoms with Crippen LogP contribution in [0.5, 0.6) is 0 Å². The maximum absolute atomic E-state index is 12.3. The molecule has 13 nitrogen and oxygen atoms in total. The highest BCUT2D eigenvalue weighted by Gasteiger charge is 2.31. The molecule has 0 aromatic heterocycles. The largest absolute Gasteiger partial charge is 0.481 e. The zero-order chi connectivity index (χ0) is 27.4. The van der Waals surface area contributed by atoms with Gasteiger partial charge in [0.25, 0.3) is 11.8 Å². The fourth-order valence-corrected chi connectivity index (χ4v) is 3.65. The fourth-order valence-electron chi connectivity index (χ4n) is 3.65. The molecule has 204 valence electrons. The summed E-state index contributed by atoms with van der Waals surface area (Å²) in [6.07, 6.45) is -3.53. The Morgan fingerprint density at radius 2 is 1.50 bits per heavy atom. The molecule has 3 amide bonds. The molecule has 0 aliphatic carbocycles. The van der Waals surface area contributed by atoms with E-state index in [4.69, 9.17) is 5.11 Å². The number of hydrogen-bond donors (Lipinski definition) is 6. The van der Waals surface area contributed by atoms with Crippen molar-refractivity contribution in [2.45, 2.75) is 69.4 Å². The smallest absolute Gasteiger partial charge is 0.306 e. The van der Waals surface area contributed by atoms with Gasteiger partial charge in [0, 0.05) is 51.6 Å². The Hall–Kier alpha value is -2.71. The normalized spacial score (nSPS) is 17.6. The van der Waals surface area contributed by atoms with Crippen LogP contribution in [0.1, 0.15) is 44.9 Å². The quantitative estimate of drug-likeness (QED) is 0.0850. The van der Waals surface area contributed by atoms with Crippen molar-refractivity contribution in [1.29, 1.82) is 0 Å². The Morgan fingerprint density at radius 3 is 2.06 bits per heavy atom. The van der Waals surface area contributed by atoms with E-state index in [1.54, 1.807) is 0 Å². The number of amides is 3. The number of ketones is 1. The van der Waals surface area contributed by atoms with Gasteiger partial charge in [0.05, 0.1) is 12.5 Å². The highest BCUT2D eigenvalue weighted by atomic mass is 16.4.